The Morgan fingerprint density at radius 2 is 2.04 bits per heavy atom. The standard InChI is InChI=1S/C16H16F2N2O3S/c1-24-10-5-6-14(13(18)9-10)19-15-11(3-2-4-12(15)17)16(22)20-23-8-7-21/h2-6,9,19,21H,7-8H2,1H3,(H,20,22). The van der Waals surface area contributed by atoms with E-state index in [1.807, 2.05) is 6.26 Å². The highest BCUT2D eigenvalue weighted by Crippen LogP contribution is 2.28. The first-order valence-electron chi connectivity index (χ1n) is 6.99. The quantitative estimate of drug-likeness (QED) is 0.405. The summed E-state index contributed by atoms with van der Waals surface area (Å²) < 4.78 is 28.2. The van der Waals surface area contributed by atoms with Gasteiger partial charge in [0.2, 0.25) is 0 Å². The molecular weight excluding hydrogens is 338 g/mol. The van der Waals surface area contributed by atoms with Crippen LogP contribution in [0.2, 0.25) is 0 Å². The first-order valence-corrected chi connectivity index (χ1v) is 8.21. The molecule has 2 aromatic carbocycles. The van der Waals surface area contributed by atoms with Gasteiger partial charge in [-0.25, -0.2) is 14.3 Å². The van der Waals surface area contributed by atoms with Crippen LogP contribution in [0.25, 0.3) is 0 Å². The fourth-order valence-electron chi connectivity index (χ4n) is 1.92. The third-order valence-corrected chi connectivity index (χ3v) is 3.78. The highest BCUT2D eigenvalue weighted by molar-refractivity contribution is 7.98. The van der Waals surface area contributed by atoms with E-state index in [1.54, 1.807) is 6.07 Å². The van der Waals surface area contributed by atoms with E-state index in [0.717, 1.165) is 11.0 Å². The fourth-order valence-corrected chi connectivity index (χ4v) is 2.34. The van der Waals surface area contributed by atoms with Crippen molar-refractivity contribution >= 4 is 29.0 Å². The zero-order chi connectivity index (χ0) is 17.5. The number of anilines is 2. The molecule has 8 heteroatoms. The SMILES string of the molecule is CSc1ccc(Nc2c(F)cccc2C(=O)NOCCO)c(F)c1. The summed E-state index contributed by atoms with van der Waals surface area (Å²) in [5.41, 5.74) is 1.91. The Labute approximate surface area is 142 Å². The molecule has 0 bridgehead atoms. The summed E-state index contributed by atoms with van der Waals surface area (Å²) in [6, 6.07) is 8.35. The fraction of sp³-hybridized carbons (Fsp3) is 0.188. The molecule has 0 saturated heterocycles. The van der Waals surface area contributed by atoms with E-state index < -0.39 is 17.5 Å². The lowest BCUT2D eigenvalue weighted by atomic mass is 10.1. The summed E-state index contributed by atoms with van der Waals surface area (Å²) in [4.78, 5) is 17.5. The van der Waals surface area contributed by atoms with Crippen molar-refractivity contribution < 1.29 is 23.5 Å². The zero-order valence-corrected chi connectivity index (χ0v) is 13.6. The predicted octanol–water partition coefficient (Wildman–Crippen LogP) is 3.08. The highest BCUT2D eigenvalue weighted by atomic mass is 32.2. The maximum atomic E-state index is 14.1. The maximum absolute atomic E-state index is 14.1. The van der Waals surface area contributed by atoms with Crippen LogP contribution in [0.4, 0.5) is 20.2 Å². The number of thioether (sulfide) groups is 1. The van der Waals surface area contributed by atoms with Gasteiger partial charge in [-0.3, -0.25) is 9.63 Å². The van der Waals surface area contributed by atoms with Gasteiger partial charge in [-0.2, -0.15) is 0 Å². The van der Waals surface area contributed by atoms with Gasteiger partial charge in [0, 0.05) is 4.90 Å². The number of aliphatic hydroxyl groups excluding tert-OH is 1. The molecule has 0 aliphatic carbocycles. The Hall–Kier alpha value is -2.16. The van der Waals surface area contributed by atoms with Crippen molar-refractivity contribution in [3.8, 4) is 0 Å². The summed E-state index contributed by atoms with van der Waals surface area (Å²) in [5.74, 6) is -1.99. The van der Waals surface area contributed by atoms with E-state index in [2.05, 4.69) is 10.8 Å². The topological polar surface area (TPSA) is 70.6 Å². The van der Waals surface area contributed by atoms with Gasteiger partial charge in [-0.15, -0.1) is 11.8 Å². The Bertz CT molecular complexity index is 728. The molecule has 0 heterocycles. The Morgan fingerprint density at radius 1 is 1.25 bits per heavy atom. The van der Waals surface area contributed by atoms with E-state index in [-0.39, 0.29) is 30.2 Å². The number of nitrogens with one attached hydrogen (secondary N) is 2. The summed E-state index contributed by atoms with van der Waals surface area (Å²) in [7, 11) is 0. The van der Waals surface area contributed by atoms with Crippen molar-refractivity contribution in [1.29, 1.82) is 0 Å². The molecule has 0 unspecified atom stereocenters. The molecule has 1 amide bonds. The second-order valence-electron chi connectivity index (χ2n) is 4.64. The predicted molar refractivity (Wildman–Crippen MR) is 88.4 cm³/mol. The van der Waals surface area contributed by atoms with Crippen LogP contribution in [0.15, 0.2) is 41.3 Å². The van der Waals surface area contributed by atoms with Gasteiger partial charge in [-0.05, 0) is 36.6 Å². The monoisotopic (exact) mass is 354 g/mol. The molecule has 0 aromatic heterocycles. The number of amides is 1. The molecule has 0 radical (unpaired) electrons. The van der Waals surface area contributed by atoms with Gasteiger partial charge in [0.25, 0.3) is 5.91 Å². The average Bonchev–Trinajstić information content (AvgIpc) is 2.58. The molecule has 5 nitrogen and oxygen atoms in total. The van der Waals surface area contributed by atoms with Crippen molar-refractivity contribution in [3.63, 3.8) is 0 Å². The Balaban J connectivity index is 2.28. The molecule has 24 heavy (non-hydrogen) atoms. The molecule has 3 N–H and O–H groups in total. The number of hydrogen-bond acceptors (Lipinski definition) is 5. The van der Waals surface area contributed by atoms with Gasteiger partial charge < -0.3 is 10.4 Å². The van der Waals surface area contributed by atoms with Crippen molar-refractivity contribution in [2.75, 3.05) is 24.8 Å². The van der Waals surface area contributed by atoms with Gasteiger partial charge in [0.1, 0.15) is 11.6 Å². The zero-order valence-electron chi connectivity index (χ0n) is 12.8. The lowest BCUT2D eigenvalue weighted by Crippen LogP contribution is -2.26. The second kappa shape index (κ2) is 8.62. The van der Waals surface area contributed by atoms with Crippen LogP contribution in [0, 0.1) is 11.6 Å². The van der Waals surface area contributed by atoms with Crippen LogP contribution >= 0.6 is 11.8 Å². The van der Waals surface area contributed by atoms with Crippen LogP contribution < -0.4 is 10.8 Å². The lowest BCUT2D eigenvalue weighted by Gasteiger charge is -2.14. The van der Waals surface area contributed by atoms with Gasteiger partial charge in [0.05, 0.1) is 30.2 Å². The molecular formula is C16H16F2N2O3S. The van der Waals surface area contributed by atoms with E-state index >= 15 is 0 Å². The van der Waals surface area contributed by atoms with Crippen LogP contribution in [-0.2, 0) is 4.84 Å². The minimum Gasteiger partial charge on any atom is -0.394 e. The minimum absolute atomic E-state index is 0.0447. The van der Waals surface area contributed by atoms with Crippen molar-refractivity contribution in [3.05, 3.63) is 53.6 Å². The molecule has 0 aliphatic rings. The number of carbonyl (C=O) groups excluding carboxylic acids is 1. The Kier molecular flexibility index (Phi) is 6.53. The lowest BCUT2D eigenvalue weighted by molar-refractivity contribution is 0.0168. The smallest absolute Gasteiger partial charge is 0.277 e. The minimum atomic E-state index is -0.716. The van der Waals surface area contributed by atoms with Crippen LogP contribution in [-0.4, -0.2) is 30.5 Å². The van der Waals surface area contributed by atoms with E-state index in [9.17, 15) is 13.6 Å². The van der Waals surface area contributed by atoms with Crippen LogP contribution in [0.5, 0.6) is 0 Å². The molecule has 0 fully saturated rings. The number of aliphatic hydroxyl groups is 1. The maximum Gasteiger partial charge on any atom is 0.277 e. The number of carbonyl (C=O) groups is 1. The third kappa shape index (κ3) is 4.44. The summed E-state index contributed by atoms with van der Waals surface area (Å²) >= 11 is 1.38. The first kappa shape index (κ1) is 18.2. The van der Waals surface area contributed by atoms with Gasteiger partial charge in [-0.1, -0.05) is 6.07 Å². The molecule has 128 valence electrons. The van der Waals surface area contributed by atoms with Gasteiger partial charge in [0.15, 0.2) is 0 Å². The van der Waals surface area contributed by atoms with Crippen LogP contribution in [0.3, 0.4) is 0 Å². The summed E-state index contributed by atoms with van der Waals surface area (Å²) in [6.45, 7) is -0.379. The Morgan fingerprint density at radius 3 is 2.71 bits per heavy atom. The second-order valence-corrected chi connectivity index (χ2v) is 5.52. The van der Waals surface area contributed by atoms with E-state index in [4.69, 9.17) is 9.94 Å². The third-order valence-electron chi connectivity index (χ3n) is 3.05. The van der Waals surface area contributed by atoms with Crippen molar-refractivity contribution in [1.82, 2.24) is 5.48 Å². The number of halogens is 2. The average molecular weight is 354 g/mol. The molecule has 2 aromatic rings. The number of rotatable bonds is 7. The largest absolute Gasteiger partial charge is 0.394 e. The van der Waals surface area contributed by atoms with Crippen LogP contribution in [0.1, 0.15) is 10.4 Å². The summed E-state index contributed by atoms with van der Waals surface area (Å²) in [5, 5.41) is 11.2. The van der Waals surface area contributed by atoms with Crippen molar-refractivity contribution in [2.45, 2.75) is 4.90 Å². The normalized spacial score (nSPS) is 10.5. The number of benzene rings is 2. The van der Waals surface area contributed by atoms with Crippen molar-refractivity contribution in [2.24, 2.45) is 0 Å². The van der Waals surface area contributed by atoms with Gasteiger partial charge >= 0.3 is 0 Å². The number of para-hydroxylation sites is 1. The molecule has 0 spiro atoms. The molecule has 0 saturated carbocycles. The summed E-state index contributed by atoms with van der Waals surface area (Å²) in [6.07, 6.45) is 1.81. The first-order chi connectivity index (χ1) is 11.6. The molecule has 0 aliphatic heterocycles. The van der Waals surface area contributed by atoms with E-state index in [1.165, 1.54) is 36.0 Å². The number of hydroxylamine groups is 1. The van der Waals surface area contributed by atoms with E-state index in [0.29, 0.717) is 0 Å². The molecule has 0 atom stereocenters. The number of hydrogen-bond donors (Lipinski definition) is 3. The highest BCUT2D eigenvalue weighted by Gasteiger charge is 2.17. The molecule has 2 rings (SSSR count).